The molecule has 1 aliphatic rings. The number of hydrogen-bond donors (Lipinski definition) is 2. The van der Waals surface area contributed by atoms with Crippen molar-refractivity contribution in [3.63, 3.8) is 0 Å². The van der Waals surface area contributed by atoms with Gasteiger partial charge in [-0.2, -0.15) is 0 Å². The minimum absolute atomic E-state index is 0.0657. The van der Waals surface area contributed by atoms with Crippen LogP contribution in [0, 0.1) is 6.92 Å². The second-order valence-corrected chi connectivity index (χ2v) is 7.56. The lowest BCUT2D eigenvalue weighted by molar-refractivity contribution is 0.191. The third-order valence-electron chi connectivity index (χ3n) is 4.87. The molecule has 1 aromatic heterocycles. The number of amides is 2. The van der Waals surface area contributed by atoms with Gasteiger partial charge >= 0.3 is 6.03 Å². The maximum absolute atomic E-state index is 12.5. The molecule has 0 atom stereocenters. The highest BCUT2D eigenvalue weighted by atomic mass is 35.5. The van der Waals surface area contributed by atoms with Gasteiger partial charge in [-0.1, -0.05) is 35.3 Å². The van der Waals surface area contributed by atoms with Crippen molar-refractivity contribution in [3.05, 3.63) is 68.8 Å². The lowest BCUT2D eigenvalue weighted by Crippen LogP contribution is -2.42. The molecule has 0 saturated heterocycles. The van der Waals surface area contributed by atoms with Crippen LogP contribution in [-0.2, 0) is 19.5 Å². The Morgan fingerprint density at radius 3 is 2.88 bits per heavy atom. The summed E-state index contributed by atoms with van der Waals surface area (Å²) in [5, 5.41) is 5.57. The minimum Gasteiger partial charge on any atom is -0.356 e. The molecule has 0 saturated carbocycles. The standard InChI is InChI=1S/C20H19Cl2N3O/c1-12-7-15(22)9-17-16-5-6-25(11-18(16)24-19(12)17)20(26)23-10-13-3-2-4-14(21)8-13/h2-4,7-9,24H,5-6,10-11H2,1H3,(H,23,26). The van der Waals surface area contributed by atoms with E-state index in [4.69, 9.17) is 23.2 Å². The summed E-state index contributed by atoms with van der Waals surface area (Å²) in [5.41, 5.74) is 5.58. The summed E-state index contributed by atoms with van der Waals surface area (Å²) in [6.07, 6.45) is 0.819. The molecular weight excluding hydrogens is 369 g/mol. The van der Waals surface area contributed by atoms with E-state index in [0.717, 1.165) is 33.8 Å². The third kappa shape index (κ3) is 3.27. The number of nitrogens with one attached hydrogen (secondary N) is 2. The van der Waals surface area contributed by atoms with E-state index in [-0.39, 0.29) is 6.03 Å². The molecule has 0 unspecified atom stereocenters. The van der Waals surface area contributed by atoms with Crippen LogP contribution in [0.1, 0.15) is 22.4 Å². The number of benzene rings is 2. The van der Waals surface area contributed by atoms with Gasteiger partial charge in [0, 0.05) is 39.7 Å². The smallest absolute Gasteiger partial charge is 0.318 e. The van der Waals surface area contributed by atoms with Gasteiger partial charge in [0.05, 0.1) is 6.54 Å². The van der Waals surface area contributed by atoms with Crippen molar-refractivity contribution in [2.24, 2.45) is 0 Å². The van der Waals surface area contributed by atoms with E-state index >= 15 is 0 Å². The van der Waals surface area contributed by atoms with Gasteiger partial charge in [0.2, 0.25) is 0 Å². The SMILES string of the molecule is Cc1cc(Cl)cc2c3c([nH]c12)CN(C(=O)NCc1cccc(Cl)c1)CC3. The summed E-state index contributed by atoms with van der Waals surface area (Å²) in [4.78, 5) is 17.9. The summed E-state index contributed by atoms with van der Waals surface area (Å²) in [7, 11) is 0. The van der Waals surface area contributed by atoms with Crippen molar-refractivity contribution in [1.29, 1.82) is 0 Å². The number of aryl methyl sites for hydroxylation is 1. The number of fused-ring (bicyclic) bond motifs is 3. The van der Waals surface area contributed by atoms with Gasteiger partial charge in [-0.15, -0.1) is 0 Å². The van der Waals surface area contributed by atoms with Gasteiger partial charge in [-0.25, -0.2) is 4.79 Å². The Morgan fingerprint density at radius 2 is 2.08 bits per heavy atom. The van der Waals surface area contributed by atoms with E-state index in [1.807, 2.05) is 48.2 Å². The van der Waals surface area contributed by atoms with Crippen LogP contribution in [0.2, 0.25) is 10.0 Å². The highest BCUT2D eigenvalue weighted by Crippen LogP contribution is 2.31. The average molecular weight is 388 g/mol. The van der Waals surface area contributed by atoms with Crippen LogP contribution >= 0.6 is 23.2 Å². The van der Waals surface area contributed by atoms with Crippen molar-refractivity contribution >= 4 is 40.1 Å². The van der Waals surface area contributed by atoms with Crippen molar-refractivity contribution < 1.29 is 4.79 Å². The molecule has 0 spiro atoms. The first-order chi connectivity index (χ1) is 12.5. The molecule has 2 N–H and O–H groups in total. The van der Waals surface area contributed by atoms with E-state index in [9.17, 15) is 4.79 Å². The van der Waals surface area contributed by atoms with Crippen molar-refractivity contribution in [1.82, 2.24) is 15.2 Å². The Kier molecular flexibility index (Phi) is 4.55. The number of nitrogens with zero attached hydrogens (tertiary/aromatic N) is 1. The molecule has 0 radical (unpaired) electrons. The molecule has 1 aliphatic heterocycles. The number of H-pyrrole nitrogens is 1. The number of urea groups is 1. The lowest BCUT2D eigenvalue weighted by atomic mass is 10.0. The van der Waals surface area contributed by atoms with Gasteiger partial charge in [-0.3, -0.25) is 0 Å². The van der Waals surface area contributed by atoms with Gasteiger partial charge < -0.3 is 15.2 Å². The molecule has 2 amide bonds. The third-order valence-corrected chi connectivity index (χ3v) is 5.32. The van der Waals surface area contributed by atoms with Crippen LogP contribution in [0.15, 0.2) is 36.4 Å². The molecular formula is C20H19Cl2N3O. The van der Waals surface area contributed by atoms with Crippen LogP contribution in [0.25, 0.3) is 10.9 Å². The maximum atomic E-state index is 12.5. The molecule has 134 valence electrons. The van der Waals surface area contributed by atoms with Crippen molar-refractivity contribution in [3.8, 4) is 0 Å². The number of halogens is 2. The highest BCUT2D eigenvalue weighted by Gasteiger charge is 2.24. The first kappa shape index (κ1) is 17.3. The Hall–Kier alpha value is -2.17. The Balaban J connectivity index is 1.49. The molecule has 2 heterocycles. The van der Waals surface area contributed by atoms with Crippen LogP contribution < -0.4 is 5.32 Å². The summed E-state index contributed by atoms with van der Waals surface area (Å²) in [5.74, 6) is 0. The topological polar surface area (TPSA) is 48.1 Å². The van der Waals surface area contributed by atoms with E-state index in [1.54, 1.807) is 0 Å². The normalized spacial score (nSPS) is 13.7. The minimum atomic E-state index is -0.0657. The number of rotatable bonds is 2. The molecule has 3 aromatic rings. The van der Waals surface area contributed by atoms with Crippen molar-refractivity contribution in [2.75, 3.05) is 6.54 Å². The Morgan fingerprint density at radius 1 is 1.23 bits per heavy atom. The molecule has 6 heteroatoms. The largest absolute Gasteiger partial charge is 0.356 e. The number of carbonyl (C=O) groups is 1. The van der Waals surface area contributed by atoms with Crippen molar-refractivity contribution in [2.45, 2.75) is 26.4 Å². The van der Waals surface area contributed by atoms with Gasteiger partial charge in [0.15, 0.2) is 0 Å². The number of carbonyl (C=O) groups excluding carboxylic acids is 1. The predicted molar refractivity (Wildman–Crippen MR) is 106 cm³/mol. The summed E-state index contributed by atoms with van der Waals surface area (Å²) < 4.78 is 0. The zero-order valence-electron chi connectivity index (χ0n) is 14.4. The maximum Gasteiger partial charge on any atom is 0.318 e. The quantitative estimate of drug-likeness (QED) is 0.634. The molecule has 4 nitrogen and oxygen atoms in total. The van der Waals surface area contributed by atoms with Crippen LogP contribution in [0.4, 0.5) is 4.79 Å². The van der Waals surface area contributed by atoms with E-state index < -0.39 is 0 Å². The van der Waals surface area contributed by atoms with E-state index in [0.29, 0.717) is 24.7 Å². The van der Waals surface area contributed by atoms with Crippen LogP contribution in [-0.4, -0.2) is 22.5 Å². The molecule has 4 rings (SSSR count). The first-order valence-electron chi connectivity index (χ1n) is 8.58. The molecule has 26 heavy (non-hydrogen) atoms. The first-order valence-corrected chi connectivity index (χ1v) is 9.33. The monoisotopic (exact) mass is 387 g/mol. The zero-order valence-corrected chi connectivity index (χ0v) is 15.9. The molecule has 0 bridgehead atoms. The Bertz CT molecular complexity index is 996. The lowest BCUT2D eigenvalue weighted by Gasteiger charge is -2.27. The molecule has 0 fully saturated rings. The zero-order chi connectivity index (χ0) is 18.3. The van der Waals surface area contributed by atoms with Gasteiger partial charge in [0.25, 0.3) is 0 Å². The molecule has 0 aliphatic carbocycles. The van der Waals surface area contributed by atoms with Gasteiger partial charge in [-0.05, 0) is 54.3 Å². The fourth-order valence-electron chi connectivity index (χ4n) is 3.58. The fourth-order valence-corrected chi connectivity index (χ4v) is 4.07. The summed E-state index contributed by atoms with van der Waals surface area (Å²) in [6, 6.07) is 11.4. The number of aromatic nitrogens is 1. The predicted octanol–water partition coefficient (Wildman–Crippen LogP) is 5.05. The Labute approximate surface area is 162 Å². The van der Waals surface area contributed by atoms with Gasteiger partial charge in [0.1, 0.15) is 0 Å². The second-order valence-electron chi connectivity index (χ2n) is 6.69. The summed E-state index contributed by atoms with van der Waals surface area (Å²) >= 11 is 12.2. The second kappa shape index (κ2) is 6.86. The van der Waals surface area contributed by atoms with Crippen LogP contribution in [0.5, 0.6) is 0 Å². The number of aromatic amines is 1. The number of hydrogen-bond acceptors (Lipinski definition) is 1. The van der Waals surface area contributed by atoms with E-state index in [2.05, 4.69) is 10.3 Å². The molecule has 2 aromatic carbocycles. The highest BCUT2D eigenvalue weighted by molar-refractivity contribution is 6.31. The van der Waals surface area contributed by atoms with E-state index in [1.165, 1.54) is 10.9 Å². The van der Waals surface area contributed by atoms with Crippen LogP contribution in [0.3, 0.4) is 0 Å². The summed E-state index contributed by atoms with van der Waals surface area (Å²) in [6.45, 7) is 3.77. The average Bonchev–Trinajstić information content (AvgIpc) is 2.98. The fraction of sp³-hybridized carbons (Fsp3) is 0.250.